The monoisotopic (exact) mass is 273 g/mol. The second kappa shape index (κ2) is 5.04. The fourth-order valence-electron chi connectivity index (χ4n) is 2.78. The number of nitriles is 1. The molecule has 1 aromatic rings. The third kappa shape index (κ3) is 1.97. The van der Waals surface area contributed by atoms with E-state index >= 15 is 0 Å². The first-order chi connectivity index (χ1) is 9.42. The normalized spacial score (nSPS) is 17.7. The topological polar surface area (TPSA) is 81.0 Å². The zero-order valence-electron chi connectivity index (χ0n) is 12.2. The van der Waals surface area contributed by atoms with Crippen molar-refractivity contribution in [3.8, 4) is 11.8 Å². The molecule has 5 nitrogen and oxygen atoms in total. The molecule has 0 aromatic carbocycles. The Morgan fingerprint density at radius 3 is 2.70 bits per heavy atom. The van der Waals surface area contributed by atoms with E-state index < -0.39 is 0 Å². The van der Waals surface area contributed by atoms with Crippen molar-refractivity contribution >= 4 is 0 Å². The zero-order valence-corrected chi connectivity index (χ0v) is 12.2. The van der Waals surface area contributed by atoms with Crippen LogP contribution in [0.2, 0.25) is 0 Å². The van der Waals surface area contributed by atoms with Crippen LogP contribution in [0.4, 0.5) is 0 Å². The van der Waals surface area contributed by atoms with E-state index in [2.05, 4.69) is 6.07 Å². The van der Waals surface area contributed by atoms with Gasteiger partial charge in [0.25, 0.3) is 5.56 Å². The molecular weight excluding hydrogens is 254 g/mol. The van der Waals surface area contributed by atoms with Crippen LogP contribution < -0.4 is 16.0 Å². The van der Waals surface area contributed by atoms with Gasteiger partial charge in [-0.05, 0) is 19.8 Å². The number of rotatable bonds is 2. The van der Waals surface area contributed by atoms with E-state index in [4.69, 9.17) is 10.5 Å². The van der Waals surface area contributed by atoms with Gasteiger partial charge in [-0.25, -0.2) is 0 Å². The molecule has 2 heterocycles. The van der Waals surface area contributed by atoms with Gasteiger partial charge in [0.15, 0.2) is 0 Å². The molecule has 0 spiro atoms. The molecular formula is C15H19N3O2. The number of allylic oxidation sites excluding steroid dienone is 1. The number of nitrogens with two attached hydrogens (primary N) is 1. The Morgan fingerprint density at radius 1 is 1.55 bits per heavy atom. The molecule has 1 aliphatic heterocycles. The van der Waals surface area contributed by atoms with Crippen molar-refractivity contribution in [2.24, 2.45) is 11.7 Å². The average Bonchev–Trinajstić information content (AvgIpc) is 2.37. The first-order valence-corrected chi connectivity index (χ1v) is 6.74. The quantitative estimate of drug-likeness (QED) is 0.893. The summed E-state index contributed by atoms with van der Waals surface area (Å²) >= 11 is 0. The van der Waals surface area contributed by atoms with Gasteiger partial charge in [-0.2, -0.15) is 5.26 Å². The van der Waals surface area contributed by atoms with Crippen LogP contribution >= 0.6 is 0 Å². The molecule has 2 N–H and O–H groups in total. The van der Waals surface area contributed by atoms with Gasteiger partial charge < -0.3 is 15.0 Å². The molecule has 0 radical (unpaired) electrons. The Kier molecular flexibility index (Phi) is 3.58. The lowest BCUT2D eigenvalue weighted by atomic mass is 9.81. The number of hydrogen-bond donors (Lipinski definition) is 1. The summed E-state index contributed by atoms with van der Waals surface area (Å²) in [5.74, 6) is 0.361. The number of fused-ring (bicyclic) bond motifs is 1. The number of aromatic nitrogens is 1. The van der Waals surface area contributed by atoms with Crippen molar-refractivity contribution in [1.82, 2.24) is 4.57 Å². The highest BCUT2D eigenvalue weighted by Gasteiger charge is 2.34. The van der Waals surface area contributed by atoms with Crippen molar-refractivity contribution in [1.29, 1.82) is 5.26 Å². The third-order valence-electron chi connectivity index (χ3n) is 3.72. The van der Waals surface area contributed by atoms with Gasteiger partial charge in [0.1, 0.15) is 11.8 Å². The van der Waals surface area contributed by atoms with Crippen LogP contribution in [0.3, 0.4) is 0 Å². The SMILES string of the molecule is CCn1c(C)cc2c(c1=O)[C@H](C(C)C)C(C#N)=C(N)O2. The summed E-state index contributed by atoms with van der Waals surface area (Å²) in [6.45, 7) is 8.31. The fourth-order valence-corrected chi connectivity index (χ4v) is 2.78. The molecule has 0 unspecified atom stereocenters. The maximum absolute atomic E-state index is 12.7. The van der Waals surface area contributed by atoms with Crippen LogP contribution in [-0.4, -0.2) is 4.57 Å². The van der Waals surface area contributed by atoms with Gasteiger partial charge in [0.05, 0.1) is 11.1 Å². The minimum absolute atomic E-state index is 0.0894. The Hall–Kier alpha value is -2.22. The van der Waals surface area contributed by atoms with E-state index in [-0.39, 0.29) is 23.3 Å². The van der Waals surface area contributed by atoms with Gasteiger partial charge in [-0.15, -0.1) is 0 Å². The average molecular weight is 273 g/mol. The summed E-state index contributed by atoms with van der Waals surface area (Å²) in [6, 6.07) is 3.90. The highest BCUT2D eigenvalue weighted by molar-refractivity contribution is 5.49. The summed E-state index contributed by atoms with van der Waals surface area (Å²) in [7, 11) is 0. The van der Waals surface area contributed by atoms with Crippen LogP contribution in [0.1, 0.15) is 37.9 Å². The Labute approximate surface area is 118 Å². The van der Waals surface area contributed by atoms with Gasteiger partial charge in [0, 0.05) is 24.2 Å². The molecule has 0 bridgehead atoms. The predicted molar refractivity (Wildman–Crippen MR) is 76.1 cm³/mol. The minimum Gasteiger partial charge on any atom is -0.440 e. The second-order valence-corrected chi connectivity index (χ2v) is 5.33. The van der Waals surface area contributed by atoms with Crippen molar-refractivity contribution in [2.75, 3.05) is 0 Å². The molecule has 20 heavy (non-hydrogen) atoms. The summed E-state index contributed by atoms with van der Waals surface area (Å²) < 4.78 is 7.19. The van der Waals surface area contributed by atoms with E-state index in [9.17, 15) is 10.1 Å². The highest BCUT2D eigenvalue weighted by atomic mass is 16.5. The highest BCUT2D eigenvalue weighted by Crippen LogP contribution is 2.40. The molecule has 1 aliphatic rings. The summed E-state index contributed by atoms with van der Waals surface area (Å²) in [5.41, 5.74) is 7.44. The summed E-state index contributed by atoms with van der Waals surface area (Å²) in [6.07, 6.45) is 0. The lowest BCUT2D eigenvalue weighted by Crippen LogP contribution is -2.33. The van der Waals surface area contributed by atoms with E-state index in [0.29, 0.717) is 23.4 Å². The lowest BCUT2D eigenvalue weighted by Gasteiger charge is -2.29. The summed E-state index contributed by atoms with van der Waals surface area (Å²) in [4.78, 5) is 12.7. The van der Waals surface area contributed by atoms with Crippen molar-refractivity contribution in [3.05, 3.63) is 39.1 Å². The number of pyridine rings is 1. The van der Waals surface area contributed by atoms with E-state index in [0.717, 1.165) is 5.69 Å². The summed E-state index contributed by atoms with van der Waals surface area (Å²) in [5, 5.41) is 9.30. The third-order valence-corrected chi connectivity index (χ3v) is 3.72. The van der Waals surface area contributed by atoms with E-state index in [1.807, 2.05) is 33.8 Å². The van der Waals surface area contributed by atoms with Gasteiger partial charge in [-0.1, -0.05) is 13.8 Å². The lowest BCUT2D eigenvalue weighted by molar-refractivity contribution is 0.366. The van der Waals surface area contributed by atoms with E-state index in [1.165, 1.54) is 0 Å². The molecule has 1 aromatic heterocycles. The maximum atomic E-state index is 12.7. The molecule has 0 saturated heterocycles. The van der Waals surface area contributed by atoms with Crippen molar-refractivity contribution < 1.29 is 4.74 Å². The number of hydrogen-bond acceptors (Lipinski definition) is 4. The van der Waals surface area contributed by atoms with Crippen LogP contribution in [-0.2, 0) is 6.54 Å². The predicted octanol–water partition coefficient (Wildman–Crippen LogP) is 2.00. The maximum Gasteiger partial charge on any atom is 0.258 e. The number of nitrogens with zero attached hydrogens (tertiary/aromatic N) is 2. The van der Waals surface area contributed by atoms with Crippen molar-refractivity contribution in [2.45, 2.75) is 40.2 Å². The smallest absolute Gasteiger partial charge is 0.258 e. The molecule has 106 valence electrons. The second-order valence-electron chi connectivity index (χ2n) is 5.33. The van der Waals surface area contributed by atoms with Crippen LogP contribution in [0, 0.1) is 24.2 Å². The van der Waals surface area contributed by atoms with Crippen LogP contribution in [0.25, 0.3) is 0 Å². The molecule has 0 saturated carbocycles. The Morgan fingerprint density at radius 2 is 2.20 bits per heavy atom. The molecule has 1 atom stereocenters. The molecule has 5 heteroatoms. The standard InChI is InChI=1S/C15H19N3O2/c1-5-18-9(4)6-11-13(15(18)19)12(8(2)3)10(7-16)14(17)20-11/h6,8,12H,5,17H2,1-4H3/t12-/m1/s1. The first-order valence-electron chi connectivity index (χ1n) is 6.74. The number of ether oxygens (including phenoxy) is 1. The molecule has 0 fully saturated rings. The van der Waals surface area contributed by atoms with Crippen molar-refractivity contribution in [3.63, 3.8) is 0 Å². The zero-order chi connectivity index (χ0) is 15.0. The minimum atomic E-state index is -0.311. The van der Waals surface area contributed by atoms with Gasteiger partial charge in [-0.3, -0.25) is 4.79 Å². The van der Waals surface area contributed by atoms with Gasteiger partial charge >= 0.3 is 0 Å². The first kappa shape index (κ1) is 14.2. The van der Waals surface area contributed by atoms with Gasteiger partial charge in [0.2, 0.25) is 5.88 Å². The molecule has 2 rings (SSSR count). The Balaban J connectivity index is 2.79. The van der Waals surface area contributed by atoms with E-state index in [1.54, 1.807) is 4.57 Å². The van der Waals surface area contributed by atoms with Crippen LogP contribution in [0.15, 0.2) is 22.3 Å². The fraction of sp³-hybridized carbons (Fsp3) is 0.467. The Bertz CT molecular complexity index is 678. The number of aryl methyl sites for hydroxylation is 1. The largest absolute Gasteiger partial charge is 0.440 e. The molecule has 0 aliphatic carbocycles. The van der Waals surface area contributed by atoms with Crippen LogP contribution in [0.5, 0.6) is 5.75 Å². The molecule has 0 amide bonds.